The zero-order valence-corrected chi connectivity index (χ0v) is 16.1. The van der Waals surface area contributed by atoms with Gasteiger partial charge in [-0.15, -0.1) is 0 Å². The summed E-state index contributed by atoms with van der Waals surface area (Å²) in [5.74, 6) is 5.13. The summed E-state index contributed by atoms with van der Waals surface area (Å²) in [4.78, 5) is 14.8. The molecule has 0 saturated heterocycles. The van der Waals surface area contributed by atoms with Crippen LogP contribution in [0.3, 0.4) is 0 Å². The molecule has 2 aromatic rings. The number of aliphatic hydroxyl groups is 1. The molecular formula is C20H20Cl2N2O2. The molecule has 6 heteroatoms. The second-order valence-electron chi connectivity index (χ2n) is 5.94. The van der Waals surface area contributed by atoms with Crippen molar-refractivity contribution in [3.05, 3.63) is 69.7 Å². The fourth-order valence-electron chi connectivity index (χ4n) is 2.43. The van der Waals surface area contributed by atoms with E-state index in [0.717, 1.165) is 0 Å². The lowest BCUT2D eigenvalue weighted by atomic mass is 9.85. The fourth-order valence-corrected chi connectivity index (χ4v) is 2.97. The van der Waals surface area contributed by atoms with Gasteiger partial charge in [0, 0.05) is 21.2 Å². The molecular weight excluding hydrogens is 371 g/mol. The van der Waals surface area contributed by atoms with E-state index in [1.165, 1.54) is 0 Å². The number of carbonyl (C=O) groups is 1. The Bertz CT molecular complexity index is 795. The van der Waals surface area contributed by atoms with Crippen LogP contribution in [0.5, 0.6) is 0 Å². The number of hydrogen-bond donors (Lipinski definition) is 2. The number of benzene rings is 2. The molecule has 2 N–H and O–H groups in total. The van der Waals surface area contributed by atoms with Crippen LogP contribution in [0, 0.1) is 11.8 Å². The van der Waals surface area contributed by atoms with Gasteiger partial charge in [0.2, 0.25) is 0 Å². The fraction of sp³-hybridized carbons (Fsp3) is 0.250. The minimum Gasteiger partial charge on any atom is -0.372 e. The quantitative estimate of drug-likeness (QED) is 0.771. The SMILES string of the molecule is CN(C)CC#CCNC(=O)C(O)(c1ccccc1Cl)c1ccccc1Cl. The lowest BCUT2D eigenvalue weighted by molar-refractivity contribution is -0.136. The van der Waals surface area contributed by atoms with Crippen LogP contribution in [0.15, 0.2) is 48.5 Å². The van der Waals surface area contributed by atoms with Crippen LogP contribution >= 0.6 is 23.2 Å². The average molecular weight is 391 g/mol. The van der Waals surface area contributed by atoms with E-state index in [1.807, 2.05) is 19.0 Å². The summed E-state index contributed by atoms with van der Waals surface area (Å²) in [7, 11) is 3.81. The molecule has 0 saturated carbocycles. The summed E-state index contributed by atoms with van der Waals surface area (Å²) in [5.41, 5.74) is -1.51. The van der Waals surface area contributed by atoms with Gasteiger partial charge in [0.1, 0.15) is 0 Å². The van der Waals surface area contributed by atoms with Crippen molar-refractivity contribution in [3.8, 4) is 11.8 Å². The standard InChI is InChI=1S/C20H20Cl2N2O2/c1-24(2)14-8-7-13-23-19(25)20(26,15-9-3-5-11-17(15)21)16-10-4-6-12-18(16)22/h3-6,9-12,26H,13-14H2,1-2H3,(H,23,25). The summed E-state index contributed by atoms with van der Waals surface area (Å²) >= 11 is 12.5. The first-order valence-electron chi connectivity index (χ1n) is 7.98. The second kappa shape index (κ2) is 9.07. The van der Waals surface area contributed by atoms with Gasteiger partial charge >= 0.3 is 0 Å². The maximum atomic E-state index is 12.9. The zero-order chi connectivity index (χ0) is 19.2. The van der Waals surface area contributed by atoms with Crippen molar-refractivity contribution in [2.45, 2.75) is 5.60 Å². The molecule has 2 rings (SSSR count). The molecule has 0 radical (unpaired) electrons. The van der Waals surface area contributed by atoms with E-state index in [4.69, 9.17) is 23.2 Å². The van der Waals surface area contributed by atoms with Gasteiger partial charge in [-0.3, -0.25) is 9.69 Å². The molecule has 1 amide bonds. The van der Waals surface area contributed by atoms with Gasteiger partial charge in [-0.05, 0) is 26.2 Å². The molecule has 0 aromatic heterocycles. The van der Waals surface area contributed by atoms with E-state index in [9.17, 15) is 9.90 Å². The van der Waals surface area contributed by atoms with E-state index in [0.29, 0.717) is 6.54 Å². The van der Waals surface area contributed by atoms with E-state index in [-0.39, 0.29) is 27.7 Å². The first-order chi connectivity index (χ1) is 12.4. The van der Waals surface area contributed by atoms with Gasteiger partial charge in [0.25, 0.3) is 5.91 Å². The van der Waals surface area contributed by atoms with Crippen molar-refractivity contribution in [2.75, 3.05) is 27.2 Å². The average Bonchev–Trinajstić information content (AvgIpc) is 2.61. The highest BCUT2D eigenvalue weighted by Crippen LogP contribution is 2.37. The van der Waals surface area contributed by atoms with Crippen LogP contribution in [0.1, 0.15) is 11.1 Å². The van der Waals surface area contributed by atoms with Crippen LogP contribution in [-0.4, -0.2) is 43.1 Å². The maximum Gasteiger partial charge on any atom is 0.262 e. The molecule has 0 spiro atoms. The van der Waals surface area contributed by atoms with Crippen molar-refractivity contribution < 1.29 is 9.90 Å². The molecule has 0 unspecified atom stereocenters. The molecule has 0 aliphatic rings. The molecule has 0 bridgehead atoms. The third-order valence-electron chi connectivity index (χ3n) is 3.71. The van der Waals surface area contributed by atoms with Gasteiger partial charge in [-0.2, -0.15) is 0 Å². The summed E-state index contributed by atoms with van der Waals surface area (Å²) < 4.78 is 0. The first-order valence-corrected chi connectivity index (χ1v) is 8.74. The maximum absolute atomic E-state index is 12.9. The first kappa shape index (κ1) is 20.3. The van der Waals surface area contributed by atoms with Crippen LogP contribution < -0.4 is 5.32 Å². The third kappa shape index (κ3) is 4.57. The van der Waals surface area contributed by atoms with Crippen molar-refractivity contribution in [1.82, 2.24) is 10.2 Å². The highest BCUT2D eigenvalue weighted by atomic mass is 35.5. The number of amides is 1. The lowest BCUT2D eigenvalue weighted by Gasteiger charge is -2.29. The molecule has 2 aromatic carbocycles. The normalized spacial score (nSPS) is 11.0. The van der Waals surface area contributed by atoms with Gasteiger partial charge < -0.3 is 10.4 Å². The molecule has 4 nitrogen and oxygen atoms in total. The van der Waals surface area contributed by atoms with Crippen molar-refractivity contribution >= 4 is 29.1 Å². The Balaban J connectivity index is 2.39. The van der Waals surface area contributed by atoms with Gasteiger partial charge in [0.05, 0.1) is 13.1 Å². The molecule has 0 atom stereocenters. The molecule has 0 heterocycles. The molecule has 26 heavy (non-hydrogen) atoms. The predicted octanol–water partition coefficient (Wildman–Crippen LogP) is 2.91. The number of nitrogens with zero attached hydrogens (tertiary/aromatic N) is 1. The van der Waals surface area contributed by atoms with Crippen molar-refractivity contribution in [3.63, 3.8) is 0 Å². The van der Waals surface area contributed by atoms with Crippen LogP contribution in [0.4, 0.5) is 0 Å². The summed E-state index contributed by atoms with van der Waals surface area (Å²) in [6.45, 7) is 0.680. The van der Waals surface area contributed by atoms with Crippen LogP contribution in [0.25, 0.3) is 0 Å². The van der Waals surface area contributed by atoms with Gasteiger partial charge in [-0.1, -0.05) is 71.4 Å². The highest BCUT2D eigenvalue weighted by molar-refractivity contribution is 6.33. The number of rotatable bonds is 5. The molecule has 0 fully saturated rings. The zero-order valence-electron chi connectivity index (χ0n) is 14.6. The Morgan fingerprint density at radius 3 is 2.00 bits per heavy atom. The topological polar surface area (TPSA) is 52.6 Å². The van der Waals surface area contributed by atoms with E-state index >= 15 is 0 Å². The number of halogens is 2. The summed E-state index contributed by atoms with van der Waals surface area (Å²) in [5, 5.41) is 14.6. The smallest absolute Gasteiger partial charge is 0.262 e. The number of carbonyl (C=O) groups excluding carboxylic acids is 1. The highest BCUT2D eigenvalue weighted by Gasteiger charge is 2.42. The van der Waals surface area contributed by atoms with E-state index in [2.05, 4.69) is 17.2 Å². The Morgan fingerprint density at radius 1 is 1.04 bits per heavy atom. The van der Waals surface area contributed by atoms with Crippen LogP contribution in [0.2, 0.25) is 10.0 Å². The molecule has 0 aliphatic heterocycles. The third-order valence-corrected chi connectivity index (χ3v) is 4.37. The summed E-state index contributed by atoms with van der Waals surface area (Å²) in [6, 6.07) is 13.3. The number of hydrogen-bond acceptors (Lipinski definition) is 3. The Labute approximate surface area is 163 Å². The molecule has 0 aliphatic carbocycles. The van der Waals surface area contributed by atoms with Crippen LogP contribution in [-0.2, 0) is 10.4 Å². The molecule has 136 valence electrons. The Kier molecular flexibility index (Phi) is 7.07. The lowest BCUT2D eigenvalue weighted by Crippen LogP contribution is -2.46. The van der Waals surface area contributed by atoms with Gasteiger partial charge in [0.15, 0.2) is 5.60 Å². The summed E-state index contributed by atoms with van der Waals surface area (Å²) in [6.07, 6.45) is 0. The Hall–Kier alpha value is -2.03. The second-order valence-corrected chi connectivity index (χ2v) is 6.76. The Morgan fingerprint density at radius 2 is 1.54 bits per heavy atom. The van der Waals surface area contributed by atoms with E-state index < -0.39 is 11.5 Å². The minimum atomic E-state index is -2.03. The van der Waals surface area contributed by atoms with E-state index in [1.54, 1.807) is 48.5 Å². The predicted molar refractivity (Wildman–Crippen MR) is 105 cm³/mol. The monoisotopic (exact) mass is 390 g/mol. The van der Waals surface area contributed by atoms with Crippen molar-refractivity contribution in [1.29, 1.82) is 0 Å². The van der Waals surface area contributed by atoms with Gasteiger partial charge in [-0.25, -0.2) is 0 Å². The number of nitrogens with one attached hydrogen (secondary N) is 1. The largest absolute Gasteiger partial charge is 0.372 e. The minimum absolute atomic E-state index is 0.101. The van der Waals surface area contributed by atoms with Crippen molar-refractivity contribution in [2.24, 2.45) is 0 Å².